The van der Waals surface area contributed by atoms with Gasteiger partial charge in [0, 0.05) is 29.5 Å². The van der Waals surface area contributed by atoms with Gasteiger partial charge in [0.25, 0.3) is 0 Å². The van der Waals surface area contributed by atoms with Crippen molar-refractivity contribution in [2.75, 3.05) is 13.2 Å². The van der Waals surface area contributed by atoms with Crippen LogP contribution in [0.25, 0.3) is 22.3 Å². The maximum Gasteiger partial charge on any atom is 0.338 e. The van der Waals surface area contributed by atoms with Gasteiger partial charge < -0.3 is 19.1 Å². The van der Waals surface area contributed by atoms with E-state index in [9.17, 15) is 14.3 Å². The first-order chi connectivity index (χ1) is 21.5. The number of carboxylic acid groups (broad SMARTS) is 1. The molecule has 3 heterocycles. The fourth-order valence-corrected chi connectivity index (χ4v) is 5.55. The highest BCUT2D eigenvalue weighted by Gasteiger charge is 2.39. The molecule has 3 aromatic carbocycles. The van der Waals surface area contributed by atoms with Crippen molar-refractivity contribution < 1.29 is 32.5 Å². The molecule has 1 fully saturated rings. The van der Waals surface area contributed by atoms with Gasteiger partial charge >= 0.3 is 5.97 Å². The molecule has 0 bridgehead atoms. The van der Waals surface area contributed by atoms with E-state index in [0.29, 0.717) is 23.5 Å². The van der Waals surface area contributed by atoms with E-state index in [2.05, 4.69) is 16.0 Å². The number of aromatic nitrogens is 3. The van der Waals surface area contributed by atoms with Gasteiger partial charge in [-0.2, -0.15) is 5.26 Å². The highest BCUT2D eigenvalue weighted by atomic mass is 19.1. The van der Waals surface area contributed by atoms with E-state index in [1.54, 1.807) is 47.0 Å². The topological polar surface area (TPSA) is 110 Å². The Balaban J connectivity index is 1.32. The summed E-state index contributed by atoms with van der Waals surface area (Å²) in [5.41, 5.74) is 1.11. The number of rotatable bonds is 8. The number of nitrogens with zero attached hydrogens (tertiary/aromatic N) is 4. The number of pyridine rings is 1. The van der Waals surface area contributed by atoms with Crippen molar-refractivity contribution in [2.45, 2.75) is 32.9 Å². The van der Waals surface area contributed by atoms with Gasteiger partial charge in [-0.05, 0) is 47.5 Å². The third-order valence-corrected chi connectivity index (χ3v) is 8.00. The van der Waals surface area contributed by atoms with Crippen LogP contribution in [0.2, 0.25) is 0 Å². The monoisotopic (exact) mass is 612 g/mol. The highest BCUT2D eigenvalue weighted by molar-refractivity contribution is 5.93. The summed E-state index contributed by atoms with van der Waals surface area (Å²) in [5.74, 6) is -3.25. The average Bonchev–Trinajstić information content (AvgIpc) is 3.54. The summed E-state index contributed by atoms with van der Waals surface area (Å²) in [6.45, 7) is 4.83. The van der Waals surface area contributed by atoms with Crippen LogP contribution in [0.3, 0.4) is 0 Å². The lowest BCUT2D eigenvalue weighted by Crippen LogP contribution is -2.27. The van der Waals surface area contributed by atoms with E-state index < -0.39 is 34.4 Å². The molecular formula is C34H27F3N4O4. The Labute approximate surface area is 256 Å². The molecule has 1 N–H and O–H groups in total. The van der Waals surface area contributed by atoms with Gasteiger partial charge in [-0.25, -0.2) is 27.9 Å². The number of nitriles is 1. The minimum Gasteiger partial charge on any atom is -0.478 e. The molecule has 45 heavy (non-hydrogen) atoms. The Morgan fingerprint density at radius 3 is 2.53 bits per heavy atom. The van der Waals surface area contributed by atoms with E-state index in [1.165, 1.54) is 6.07 Å². The lowest BCUT2D eigenvalue weighted by Gasteiger charge is -2.28. The highest BCUT2D eigenvalue weighted by Crippen LogP contribution is 2.41. The van der Waals surface area contributed by atoms with Crippen LogP contribution in [-0.4, -0.2) is 38.8 Å². The molecule has 8 nitrogen and oxygen atoms in total. The van der Waals surface area contributed by atoms with Crippen LogP contribution in [0.15, 0.2) is 66.7 Å². The second-order valence-electron chi connectivity index (χ2n) is 11.6. The van der Waals surface area contributed by atoms with Crippen molar-refractivity contribution in [1.82, 2.24) is 14.5 Å². The van der Waals surface area contributed by atoms with Crippen molar-refractivity contribution in [1.29, 1.82) is 5.26 Å². The van der Waals surface area contributed by atoms with E-state index in [-0.39, 0.29) is 53.9 Å². The molecule has 2 aromatic heterocycles. The minimum atomic E-state index is -1.42. The SMILES string of the molecule is CC1(C)COC[C@H]1n1c(Cc2cc(F)c(-c3cccc(OCc4ccc(C#N)cc4)n3)cc2F)nc2cc(F)c(C(=O)O)cc21. The lowest BCUT2D eigenvalue weighted by molar-refractivity contribution is 0.0692. The molecule has 0 aliphatic carbocycles. The molecule has 0 amide bonds. The first-order valence-electron chi connectivity index (χ1n) is 14.1. The van der Waals surface area contributed by atoms with Crippen molar-refractivity contribution in [2.24, 2.45) is 5.41 Å². The first kappa shape index (κ1) is 29.8. The normalized spacial score (nSPS) is 15.7. The van der Waals surface area contributed by atoms with Gasteiger partial charge in [-0.15, -0.1) is 0 Å². The quantitative estimate of drug-likeness (QED) is 0.204. The predicted octanol–water partition coefficient (Wildman–Crippen LogP) is 6.85. The Kier molecular flexibility index (Phi) is 7.76. The van der Waals surface area contributed by atoms with Crippen LogP contribution in [0, 0.1) is 34.2 Å². The molecule has 1 atom stereocenters. The van der Waals surface area contributed by atoms with Crippen LogP contribution in [0.5, 0.6) is 5.88 Å². The van der Waals surface area contributed by atoms with Crippen molar-refractivity contribution in [3.8, 4) is 23.2 Å². The molecular weight excluding hydrogens is 585 g/mol. The summed E-state index contributed by atoms with van der Waals surface area (Å²) in [5, 5.41) is 18.5. The predicted molar refractivity (Wildman–Crippen MR) is 158 cm³/mol. The molecule has 0 radical (unpaired) electrons. The Hall–Kier alpha value is -5.21. The van der Waals surface area contributed by atoms with E-state index in [1.807, 2.05) is 13.8 Å². The zero-order valence-electron chi connectivity index (χ0n) is 24.4. The summed E-state index contributed by atoms with van der Waals surface area (Å²) >= 11 is 0. The van der Waals surface area contributed by atoms with Gasteiger partial charge in [0.15, 0.2) is 0 Å². The largest absolute Gasteiger partial charge is 0.478 e. The van der Waals surface area contributed by atoms with Gasteiger partial charge in [0.1, 0.15) is 29.9 Å². The molecule has 11 heteroatoms. The second-order valence-corrected chi connectivity index (χ2v) is 11.6. The Morgan fingerprint density at radius 1 is 1.07 bits per heavy atom. The summed E-state index contributed by atoms with van der Waals surface area (Å²) in [6, 6.07) is 17.8. The van der Waals surface area contributed by atoms with Gasteiger partial charge in [0.05, 0.1) is 53.2 Å². The zero-order chi connectivity index (χ0) is 31.9. The first-order valence-corrected chi connectivity index (χ1v) is 14.1. The van der Waals surface area contributed by atoms with Gasteiger partial charge in [-0.3, -0.25) is 0 Å². The molecule has 5 aromatic rings. The molecule has 0 saturated carbocycles. The van der Waals surface area contributed by atoms with Crippen LogP contribution < -0.4 is 4.74 Å². The number of ether oxygens (including phenoxy) is 2. The van der Waals surface area contributed by atoms with Crippen molar-refractivity contribution in [3.05, 3.63) is 112 Å². The minimum absolute atomic E-state index is 0.0108. The maximum absolute atomic E-state index is 15.6. The molecule has 0 unspecified atom stereocenters. The smallest absolute Gasteiger partial charge is 0.338 e. The van der Waals surface area contributed by atoms with Gasteiger partial charge in [0.2, 0.25) is 5.88 Å². The number of benzene rings is 3. The molecule has 0 spiro atoms. The van der Waals surface area contributed by atoms with Crippen LogP contribution in [-0.2, 0) is 17.8 Å². The fourth-order valence-electron chi connectivity index (χ4n) is 5.55. The number of imidazole rings is 1. The number of carboxylic acids is 1. The number of halogens is 3. The number of hydrogen-bond donors (Lipinski definition) is 1. The van der Waals surface area contributed by atoms with Crippen molar-refractivity contribution >= 4 is 17.0 Å². The summed E-state index contributed by atoms with van der Waals surface area (Å²) in [6.07, 6.45) is -0.143. The fraction of sp³-hybridized carbons (Fsp3) is 0.235. The summed E-state index contributed by atoms with van der Waals surface area (Å²) in [4.78, 5) is 20.6. The maximum atomic E-state index is 15.6. The summed E-state index contributed by atoms with van der Waals surface area (Å²) in [7, 11) is 0. The Bertz CT molecular complexity index is 1980. The van der Waals surface area contributed by atoms with E-state index >= 15 is 8.78 Å². The molecule has 228 valence electrons. The van der Waals surface area contributed by atoms with Crippen LogP contribution in [0.1, 0.15) is 52.8 Å². The van der Waals surface area contributed by atoms with Crippen molar-refractivity contribution in [3.63, 3.8) is 0 Å². The van der Waals surface area contributed by atoms with E-state index in [4.69, 9.17) is 14.7 Å². The third kappa shape index (κ3) is 5.84. The number of fused-ring (bicyclic) bond motifs is 1. The number of hydrogen-bond acceptors (Lipinski definition) is 6. The molecule has 6 rings (SSSR count). The van der Waals surface area contributed by atoms with Crippen LogP contribution >= 0.6 is 0 Å². The standard InChI is InChI=1S/C34H27F3N4O4/c1-34(2)18-44-17-30(34)41-29-13-23(33(42)43)26(37)14-28(29)39-31(41)11-21-10-25(36)22(12-24(21)35)27-4-3-5-32(40-27)45-16-20-8-6-19(15-38)7-9-20/h3-10,12-14,30H,11,16-18H2,1-2H3,(H,42,43)/t30-/m1/s1. The lowest BCUT2D eigenvalue weighted by atomic mass is 9.87. The third-order valence-electron chi connectivity index (χ3n) is 8.00. The Morgan fingerprint density at radius 2 is 1.84 bits per heavy atom. The zero-order valence-corrected chi connectivity index (χ0v) is 24.4. The molecule has 1 aliphatic rings. The second kappa shape index (κ2) is 11.7. The molecule has 1 saturated heterocycles. The van der Waals surface area contributed by atoms with Crippen LogP contribution in [0.4, 0.5) is 13.2 Å². The van der Waals surface area contributed by atoms with Gasteiger partial charge in [-0.1, -0.05) is 32.0 Å². The van der Waals surface area contributed by atoms with E-state index in [0.717, 1.165) is 23.8 Å². The molecule has 1 aliphatic heterocycles. The number of carbonyl (C=O) groups is 1. The summed E-state index contributed by atoms with van der Waals surface area (Å²) < 4.78 is 59.0. The number of aromatic carboxylic acids is 1. The average molecular weight is 613 g/mol.